The van der Waals surface area contributed by atoms with Crippen molar-refractivity contribution < 1.29 is 4.79 Å². The van der Waals surface area contributed by atoms with Crippen molar-refractivity contribution in [2.24, 2.45) is 0 Å². The van der Waals surface area contributed by atoms with Crippen LogP contribution in [0.25, 0.3) is 11.4 Å². The fourth-order valence-corrected chi connectivity index (χ4v) is 2.35. The first kappa shape index (κ1) is 10.5. The van der Waals surface area contributed by atoms with Gasteiger partial charge in [0.1, 0.15) is 11.6 Å². The van der Waals surface area contributed by atoms with E-state index in [0.29, 0.717) is 17.9 Å². The van der Waals surface area contributed by atoms with Crippen LogP contribution in [0.3, 0.4) is 0 Å². The van der Waals surface area contributed by atoms with Gasteiger partial charge in [-0.05, 0) is 18.6 Å². The standard InChI is InChI=1S/C13H11ClN2O/c14-10-4-2-1-3-9(10)13-15-11-6-5-8(17)7-12(11)16-13/h1-4H,5-7H2,(H,15,16). The Kier molecular flexibility index (Phi) is 2.48. The molecule has 0 saturated heterocycles. The number of carbonyl (C=O) groups excluding carboxylic acids is 1. The third-order valence-corrected chi connectivity index (χ3v) is 3.34. The zero-order chi connectivity index (χ0) is 11.8. The summed E-state index contributed by atoms with van der Waals surface area (Å²) in [5, 5.41) is 0.671. The minimum absolute atomic E-state index is 0.270. The number of halogens is 1. The highest BCUT2D eigenvalue weighted by Crippen LogP contribution is 2.27. The van der Waals surface area contributed by atoms with Crippen molar-refractivity contribution in [1.82, 2.24) is 9.97 Å². The summed E-state index contributed by atoms with van der Waals surface area (Å²) in [6.45, 7) is 0. The van der Waals surface area contributed by atoms with Crippen LogP contribution < -0.4 is 0 Å². The average molecular weight is 247 g/mol. The molecule has 1 aliphatic rings. The van der Waals surface area contributed by atoms with Crippen LogP contribution in [0.4, 0.5) is 0 Å². The van der Waals surface area contributed by atoms with E-state index >= 15 is 0 Å². The van der Waals surface area contributed by atoms with Crippen molar-refractivity contribution in [3.8, 4) is 11.4 Å². The second kappa shape index (κ2) is 4.00. The Labute approximate surface area is 104 Å². The molecule has 0 radical (unpaired) electrons. The van der Waals surface area contributed by atoms with Crippen molar-refractivity contribution in [1.29, 1.82) is 0 Å². The Balaban J connectivity index is 2.06. The second-order valence-corrected chi connectivity index (χ2v) is 4.61. The van der Waals surface area contributed by atoms with Crippen LogP contribution in [0.2, 0.25) is 5.02 Å². The molecule has 1 heterocycles. The van der Waals surface area contributed by atoms with Gasteiger partial charge in [0, 0.05) is 24.1 Å². The number of nitrogens with zero attached hydrogens (tertiary/aromatic N) is 1. The first-order valence-electron chi connectivity index (χ1n) is 5.58. The Morgan fingerprint density at radius 1 is 1.24 bits per heavy atom. The van der Waals surface area contributed by atoms with E-state index in [-0.39, 0.29) is 5.78 Å². The number of Topliss-reactive ketones (excluding diaryl/α,β-unsaturated/α-hetero) is 1. The van der Waals surface area contributed by atoms with E-state index in [2.05, 4.69) is 9.97 Å². The van der Waals surface area contributed by atoms with Gasteiger partial charge in [-0.1, -0.05) is 23.7 Å². The average Bonchev–Trinajstić information content (AvgIpc) is 2.72. The number of hydrogen-bond donors (Lipinski definition) is 1. The third kappa shape index (κ3) is 1.87. The van der Waals surface area contributed by atoms with Gasteiger partial charge in [0.25, 0.3) is 0 Å². The zero-order valence-electron chi connectivity index (χ0n) is 9.16. The van der Waals surface area contributed by atoms with Gasteiger partial charge in [-0.2, -0.15) is 0 Å². The smallest absolute Gasteiger partial charge is 0.139 e. The molecule has 1 N–H and O–H groups in total. The summed E-state index contributed by atoms with van der Waals surface area (Å²) in [6, 6.07) is 7.57. The van der Waals surface area contributed by atoms with Crippen LogP contribution in [0.5, 0.6) is 0 Å². The van der Waals surface area contributed by atoms with Gasteiger partial charge in [-0.15, -0.1) is 0 Å². The number of imidazole rings is 1. The number of H-pyrrole nitrogens is 1. The molecular formula is C13H11ClN2O. The summed E-state index contributed by atoms with van der Waals surface area (Å²) in [5.74, 6) is 1.03. The highest BCUT2D eigenvalue weighted by molar-refractivity contribution is 6.33. The molecule has 4 heteroatoms. The maximum atomic E-state index is 11.4. The number of nitrogens with one attached hydrogen (secondary N) is 1. The summed E-state index contributed by atoms with van der Waals surface area (Å²) < 4.78 is 0. The van der Waals surface area contributed by atoms with E-state index in [0.717, 1.165) is 29.2 Å². The molecule has 1 aliphatic carbocycles. The Morgan fingerprint density at radius 2 is 2.06 bits per heavy atom. The lowest BCUT2D eigenvalue weighted by atomic mass is 10.0. The predicted octanol–water partition coefficient (Wildman–Crippen LogP) is 2.79. The Bertz CT molecular complexity index is 589. The molecule has 86 valence electrons. The fraction of sp³-hybridized carbons (Fsp3) is 0.231. The Morgan fingerprint density at radius 3 is 2.88 bits per heavy atom. The van der Waals surface area contributed by atoms with Crippen LogP contribution in [-0.2, 0) is 17.6 Å². The molecule has 0 atom stereocenters. The van der Waals surface area contributed by atoms with Crippen molar-refractivity contribution >= 4 is 17.4 Å². The van der Waals surface area contributed by atoms with Gasteiger partial charge in [0.05, 0.1) is 10.7 Å². The third-order valence-electron chi connectivity index (χ3n) is 3.01. The summed E-state index contributed by atoms with van der Waals surface area (Å²) >= 11 is 6.12. The normalized spacial score (nSPS) is 14.8. The molecule has 0 spiro atoms. The highest BCUT2D eigenvalue weighted by atomic mass is 35.5. The number of aryl methyl sites for hydroxylation is 1. The van der Waals surface area contributed by atoms with Gasteiger partial charge in [-0.25, -0.2) is 4.98 Å². The van der Waals surface area contributed by atoms with Crippen molar-refractivity contribution in [3.63, 3.8) is 0 Å². The first-order valence-corrected chi connectivity index (χ1v) is 5.96. The van der Waals surface area contributed by atoms with E-state index in [1.54, 1.807) is 0 Å². The molecule has 0 aliphatic heterocycles. The van der Waals surface area contributed by atoms with E-state index in [4.69, 9.17) is 11.6 Å². The molecule has 0 bridgehead atoms. The van der Waals surface area contributed by atoms with Crippen LogP contribution in [0.1, 0.15) is 17.8 Å². The van der Waals surface area contributed by atoms with Gasteiger partial charge in [0.15, 0.2) is 0 Å². The van der Waals surface area contributed by atoms with E-state index in [9.17, 15) is 4.79 Å². The fourth-order valence-electron chi connectivity index (χ4n) is 2.12. The maximum Gasteiger partial charge on any atom is 0.139 e. The number of aromatic nitrogens is 2. The number of ketones is 1. The number of fused-ring (bicyclic) bond motifs is 1. The molecule has 0 saturated carbocycles. The number of hydrogen-bond acceptors (Lipinski definition) is 2. The Hall–Kier alpha value is -1.61. The zero-order valence-corrected chi connectivity index (χ0v) is 9.92. The lowest BCUT2D eigenvalue weighted by Crippen LogP contribution is -2.12. The molecule has 17 heavy (non-hydrogen) atoms. The van der Waals surface area contributed by atoms with Crippen LogP contribution in [0.15, 0.2) is 24.3 Å². The van der Waals surface area contributed by atoms with Crippen molar-refractivity contribution in [3.05, 3.63) is 40.7 Å². The largest absolute Gasteiger partial charge is 0.341 e. The molecule has 1 aromatic carbocycles. The van der Waals surface area contributed by atoms with Crippen LogP contribution >= 0.6 is 11.6 Å². The van der Waals surface area contributed by atoms with E-state index in [1.807, 2.05) is 24.3 Å². The first-order chi connectivity index (χ1) is 8.24. The summed E-state index contributed by atoms with van der Waals surface area (Å²) in [7, 11) is 0. The maximum absolute atomic E-state index is 11.4. The SMILES string of the molecule is O=C1CCc2nc(-c3ccccc3Cl)[nH]c2C1. The highest BCUT2D eigenvalue weighted by Gasteiger charge is 2.20. The molecule has 0 fully saturated rings. The molecule has 0 amide bonds. The molecule has 3 rings (SSSR count). The quantitative estimate of drug-likeness (QED) is 0.841. The topological polar surface area (TPSA) is 45.8 Å². The summed E-state index contributed by atoms with van der Waals surface area (Å²) in [4.78, 5) is 19.1. The summed E-state index contributed by atoms with van der Waals surface area (Å²) in [5.41, 5.74) is 2.83. The van der Waals surface area contributed by atoms with Crippen LogP contribution in [0, 0.1) is 0 Å². The van der Waals surface area contributed by atoms with Gasteiger partial charge >= 0.3 is 0 Å². The number of carbonyl (C=O) groups is 1. The molecular weight excluding hydrogens is 236 g/mol. The van der Waals surface area contributed by atoms with Gasteiger partial charge in [-0.3, -0.25) is 4.79 Å². The molecule has 3 nitrogen and oxygen atoms in total. The lowest BCUT2D eigenvalue weighted by molar-refractivity contribution is -0.118. The number of aromatic amines is 1. The number of benzene rings is 1. The molecule has 2 aromatic rings. The minimum Gasteiger partial charge on any atom is -0.341 e. The minimum atomic E-state index is 0.270. The van der Waals surface area contributed by atoms with E-state index < -0.39 is 0 Å². The summed E-state index contributed by atoms with van der Waals surface area (Å²) in [6.07, 6.45) is 1.79. The van der Waals surface area contributed by atoms with Gasteiger partial charge < -0.3 is 4.98 Å². The van der Waals surface area contributed by atoms with Gasteiger partial charge in [0.2, 0.25) is 0 Å². The lowest BCUT2D eigenvalue weighted by Gasteiger charge is -2.06. The second-order valence-electron chi connectivity index (χ2n) is 4.21. The van der Waals surface area contributed by atoms with Crippen molar-refractivity contribution in [2.45, 2.75) is 19.3 Å². The monoisotopic (exact) mass is 246 g/mol. The molecule has 1 aromatic heterocycles. The predicted molar refractivity (Wildman–Crippen MR) is 66.1 cm³/mol. The number of rotatable bonds is 1. The molecule has 0 unspecified atom stereocenters. The van der Waals surface area contributed by atoms with Crippen LogP contribution in [-0.4, -0.2) is 15.8 Å². The van der Waals surface area contributed by atoms with E-state index in [1.165, 1.54) is 0 Å². The van der Waals surface area contributed by atoms with Crippen molar-refractivity contribution in [2.75, 3.05) is 0 Å².